The summed E-state index contributed by atoms with van der Waals surface area (Å²) in [6.45, 7) is 2.14. The number of carbonyl (C=O) groups is 1. The molecule has 190 valence electrons. The molecule has 0 aliphatic heterocycles. The van der Waals surface area contributed by atoms with Crippen molar-refractivity contribution in [2.24, 2.45) is 5.92 Å². The SMILES string of the molecule is C.CO[C@H](C[C@H](CCN(Cc1ccccc1)Cc1ccccc1)C(=O)NO)c1ccc(F)cc1.S. The predicted molar refractivity (Wildman–Crippen MR) is 143 cm³/mol. The number of nitrogens with one attached hydrogen (secondary N) is 1. The summed E-state index contributed by atoms with van der Waals surface area (Å²) in [5.74, 6) is -1.24. The minimum absolute atomic E-state index is 0. The van der Waals surface area contributed by atoms with Crippen LogP contribution in [0.3, 0.4) is 0 Å². The van der Waals surface area contributed by atoms with Gasteiger partial charge in [-0.2, -0.15) is 13.5 Å². The Morgan fingerprint density at radius 3 is 1.91 bits per heavy atom. The third-order valence-electron chi connectivity index (χ3n) is 5.80. The molecule has 0 aromatic heterocycles. The van der Waals surface area contributed by atoms with Crippen LogP contribution in [0, 0.1) is 11.7 Å². The van der Waals surface area contributed by atoms with Crippen molar-refractivity contribution in [3.05, 3.63) is 107 Å². The van der Waals surface area contributed by atoms with Crippen LogP contribution in [0.2, 0.25) is 0 Å². The molecule has 3 rings (SSSR count). The lowest BCUT2D eigenvalue weighted by Gasteiger charge is -2.26. The fourth-order valence-electron chi connectivity index (χ4n) is 3.99. The van der Waals surface area contributed by atoms with Gasteiger partial charge in [0.05, 0.1) is 6.10 Å². The molecule has 3 aromatic rings. The summed E-state index contributed by atoms with van der Waals surface area (Å²) < 4.78 is 18.9. The van der Waals surface area contributed by atoms with E-state index in [1.807, 2.05) is 36.4 Å². The number of benzene rings is 3. The Bertz CT molecular complexity index is 933. The number of hydroxylamine groups is 1. The average molecular weight is 501 g/mol. The Kier molecular flexibility index (Phi) is 13.9. The molecular formula is C28H37FN2O3S. The van der Waals surface area contributed by atoms with Crippen LogP contribution < -0.4 is 5.48 Å². The standard InChI is InChI=1S/C27H31FN2O3.CH4.H2S/c1-33-26(23-12-14-25(28)15-13-23)18-24(27(31)29-32)16-17-30(19-21-8-4-2-5-9-21)20-22-10-6-3-7-11-22;;/h2-15,24,26,32H,16-20H2,1H3,(H,29,31);1H4;1H2/t24-,26+;;/m0../s1. The van der Waals surface area contributed by atoms with Crippen molar-refractivity contribution in [2.45, 2.75) is 39.5 Å². The van der Waals surface area contributed by atoms with Gasteiger partial charge in [0.25, 0.3) is 0 Å². The first-order valence-electron chi connectivity index (χ1n) is 11.1. The molecule has 3 aromatic carbocycles. The number of nitrogens with zero attached hydrogens (tertiary/aromatic N) is 1. The minimum Gasteiger partial charge on any atom is -0.377 e. The second kappa shape index (κ2) is 16.1. The molecule has 2 atom stereocenters. The van der Waals surface area contributed by atoms with Gasteiger partial charge in [-0.1, -0.05) is 80.2 Å². The molecule has 1 amide bonds. The Balaban J connectivity index is 0.00000306. The summed E-state index contributed by atoms with van der Waals surface area (Å²) in [5.41, 5.74) is 4.98. The van der Waals surface area contributed by atoms with Crippen LogP contribution >= 0.6 is 13.5 Å². The van der Waals surface area contributed by atoms with Crippen LogP contribution in [0.5, 0.6) is 0 Å². The van der Waals surface area contributed by atoms with Gasteiger partial charge in [-0.3, -0.25) is 14.9 Å². The van der Waals surface area contributed by atoms with Crippen molar-refractivity contribution in [3.8, 4) is 0 Å². The van der Waals surface area contributed by atoms with Crippen LogP contribution in [0.4, 0.5) is 4.39 Å². The molecule has 5 nitrogen and oxygen atoms in total. The summed E-state index contributed by atoms with van der Waals surface area (Å²) in [6.07, 6.45) is 0.524. The summed E-state index contributed by atoms with van der Waals surface area (Å²) in [7, 11) is 1.57. The van der Waals surface area contributed by atoms with E-state index >= 15 is 0 Å². The van der Waals surface area contributed by atoms with Crippen LogP contribution in [-0.4, -0.2) is 29.7 Å². The number of methoxy groups -OCH3 is 1. The lowest BCUT2D eigenvalue weighted by Crippen LogP contribution is -2.33. The maximum Gasteiger partial charge on any atom is 0.246 e. The number of ether oxygens (including phenoxy) is 1. The lowest BCUT2D eigenvalue weighted by molar-refractivity contribution is -0.135. The topological polar surface area (TPSA) is 61.8 Å². The largest absolute Gasteiger partial charge is 0.377 e. The van der Waals surface area contributed by atoms with E-state index in [2.05, 4.69) is 29.2 Å². The summed E-state index contributed by atoms with van der Waals surface area (Å²) >= 11 is 0. The molecular weight excluding hydrogens is 463 g/mol. The van der Waals surface area contributed by atoms with Crippen molar-refractivity contribution in [1.82, 2.24) is 10.4 Å². The van der Waals surface area contributed by atoms with E-state index in [1.165, 1.54) is 23.3 Å². The minimum atomic E-state index is -0.473. The van der Waals surface area contributed by atoms with E-state index in [0.29, 0.717) is 19.4 Å². The van der Waals surface area contributed by atoms with Gasteiger partial charge in [0, 0.05) is 26.1 Å². The molecule has 0 aliphatic rings. The zero-order valence-corrected chi connectivity index (χ0v) is 20.4. The van der Waals surface area contributed by atoms with Gasteiger partial charge in [0.2, 0.25) is 5.91 Å². The number of hydrogen-bond donors (Lipinski definition) is 2. The number of rotatable bonds is 12. The quantitative estimate of drug-likeness (QED) is 0.241. The van der Waals surface area contributed by atoms with Gasteiger partial charge in [0.15, 0.2) is 0 Å². The zero-order valence-electron chi connectivity index (χ0n) is 19.4. The summed E-state index contributed by atoms with van der Waals surface area (Å²) in [5, 5.41) is 9.33. The van der Waals surface area contributed by atoms with E-state index in [9.17, 15) is 14.4 Å². The highest BCUT2D eigenvalue weighted by atomic mass is 32.1. The van der Waals surface area contributed by atoms with Crippen molar-refractivity contribution < 1.29 is 19.1 Å². The van der Waals surface area contributed by atoms with Gasteiger partial charge in [-0.25, -0.2) is 9.87 Å². The molecule has 0 saturated carbocycles. The molecule has 0 aliphatic carbocycles. The molecule has 0 bridgehead atoms. The molecule has 0 unspecified atom stereocenters. The highest BCUT2D eigenvalue weighted by Gasteiger charge is 2.25. The fourth-order valence-corrected chi connectivity index (χ4v) is 3.99. The van der Waals surface area contributed by atoms with Gasteiger partial charge in [0.1, 0.15) is 5.82 Å². The van der Waals surface area contributed by atoms with Gasteiger partial charge in [-0.05, 0) is 48.2 Å². The first-order valence-corrected chi connectivity index (χ1v) is 11.1. The number of amides is 1. The smallest absolute Gasteiger partial charge is 0.246 e. The van der Waals surface area contributed by atoms with E-state index in [1.54, 1.807) is 24.7 Å². The normalized spacial score (nSPS) is 12.2. The van der Waals surface area contributed by atoms with Gasteiger partial charge in [-0.15, -0.1) is 0 Å². The highest BCUT2D eigenvalue weighted by Crippen LogP contribution is 2.27. The molecule has 7 heteroatoms. The second-order valence-corrected chi connectivity index (χ2v) is 8.16. The second-order valence-electron chi connectivity index (χ2n) is 8.16. The molecule has 0 saturated heterocycles. The first-order chi connectivity index (χ1) is 16.1. The molecule has 0 radical (unpaired) electrons. The maximum atomic E-state index is 13.3. The first kappa shape index (κ1) is 30.3. The average Bonchev–Trinajstić information content (AvgIpc) is 2.85. The van der Waals surface area contributed by atoms with Crippen molar-refractivity contribution in [3.63, 3.8) is 0 Å². The number of carbonyl (C=O) groups excluding carboxylic acids is 1. The molecule has 35 heavy (non-hydrogen) atoms. The lowest BCUT2D eigenvalue weighted by atomic mass is 9.93. The third-order valence-corrected chi connectivity index (χ3v) is 5.80. The molecule has 0 fully saturated rings. The maximum absolute atomic E-state index is 13.3. The van der Waals surface area contributed by atoms with Crippen molar-refractivity contribution in [2.75, 3.05) is 13.7 Å². The van der Waals surface area contributed by atoms with Crippen molar-refractivity contribution >= 4 is 19.4 Å². The van der Waals surface area contributed by atoms with Crippen molar-refractivity contribution in [1.29, 1.82) is 0 Å². The molecule has 0 heterocycles. The van der Waals surface area contributed by atoms with Crippen LogP contribution in [0.25, 0.3) is 0 Å². The number of hydrogen-bond acceptors (Lipinski definition) is 4. The highest BCUT2D eigenvalue weighted by molar-refractivity contribution is 7.59. The summed E-state index contributed by atoms with van der Waals surface area (Å²) in [6, 6.07) is 26.5. The Morgan fingerprint density at radius 1 is 0.943 bits per heavy atom. The van der Waals surface area contributed by atoms with E-state index in [4.69, 9.17) is 4.74 Å². The van der Waals surface area contributed by atoms with E-state index in [-0.39, 0.29) is 32.8 Å². The Morgan fingerprint density at radius 2 is 1.46 bits per heavy atom. The monoisotopic (exact) mass is 500 g/mol. The number of halogens is 1. The fraction of sp³-hybridized carbons (Fsp3) is 0.321. The van der Waals surface area contributed by atoms with E-state index in [0.717, 1.165) is 18.7 Å². The Hall–Kier alpha value is -2.71. The van der Waals surface area contributed by atoms with Gasteiger partial charge >= 0.3 is 0 Å². The molecule has 0 spiro atoms. The van der Waals surface area contributed by atoms with Crippen LogP contribution in [-0.2, 0) is 22.6 Å². The predicted octanol–water partition coefficient (Wildman–Crippen LogP) is 5.87. The van der Waals surface area contributed by atoms with Crippen LogP contribution in [0.1, 0.15) is 43.1 Å². The third kappa shape index (κ3) is 9.82. The van der Waals surface area contributed by atoms with Crippen LogP contribution in [0.15, 0.2) is 84.9 Å². The Labute approximate surface area is 215 Å². The molecule has 2 N–H and O–H groups in total. The zero-order chi connectivity index (χ0) is 23.5. The van der Waals surface area contributed by atoms with Gasteiger partial charge < -0.3 is 4.74 Å². The van der Waals surface area contributed by atoms with E-state index < -0.39 is 11.8 Å². The summed E-state index contributed by atoms with van der Waals surface area (Å²) in [4.78, 5) is 14.8.